The topological polar surface area (TPSA) is 54.0 Å². The van der Waals surface area contributed by atoms with Crippen molar-refractivity contribution in [2.24, 2.45) is 11.8 Å². The van der Waals surface area contributed by atoms with Gasteiger partial charge in [-0.2, -0.15) is 0 Å². The second-order valence-corrected chi connectivity index (χ2v) is 10.0. The molecule has 1 heterocycles. The van der Waals surface area contributed by atoms with Crippen LogP contribution in [0.2, 0.25) is 0 Å². The van der Waals surface area contributed by atoms with Gasteiger partial charge in [0, 0.05) is 11.5 Å². The Labute approximate surface area is 204 Å². The molecule has 0 bridgehead atoms. The lowest BCUT2D eigenvalue weighted by molar-refractivity contribution is -0.141. The van der Waals surface area contributed by atoms with Gasteiger partial charge < -0.3 is 18.9 Å². The Morgan fingerprint density at radius 1 is 1.06 bits per heavy atom. The third kappa shape index (κ3) is 6.01. The van der Waals surface area contributed by atoms with Crippen LogP contribution in [0.4, 0.5) is 0 Å². The van der Waals surface area contributed by atoms with Gasteiger partial charge in [-0.05, 0) is 60.4 Å². The number of allylic oxidation sites excluding steroid dienone is 1. The van der Waals surface area contributed by atoms with Crippen molar-refractivity contribution in [1.82, 2.24) is 0 Å². The Morgan fingerprint density at radius 2 is 1.74 bits per heavy atom. The van der Waals surface area contributed by atoms with Crippen LogP contribution in [0.15, 0.2) is 54.1 Å². The van der Waals surface area contributed by atoms with Gasteiger partial charge in [0.1, 0.15) is 0 Å². The molecular formula is C29H38O5. The van der Waals surface area contributed by atoms with Crippen molar-refractivity contribution in [2.45, 2.75) is 52.6 Å². The van der Waals surface area contributed by atoms with E-state index in [9.17, 15) is 4.79 Å². The molecule has 0 spiro atoms. The number of esters is 1. The van der Waals surface area contributed by atoms with Gasteiger partial charge in [0.2, 0.25) is 0 Å². The first-order valence-electron chi connectivity index (χ1n) is 11.9. The molecule has 5 nitrogen and oxygen atoms in total. The van der Waals surface area contributed by atoms with Crippen LogP contribution in [0.1, 0.15) is 57.4 Å². The molecule has 2 aromatic rings. The van der Waals surface area contributed by atoms with Crippen molar-refractivity contribution >= 4 is 5.97 Å². The fourth-order valence-corrected chi connectivity index (χ4v) is 4.38. The molecule has 3 atom stereocenters. The second kappa shape index (κ2) is 11.1. The first-order chi connectivity index (χ1) is 16.2. The van der Waals surface area contributed by atoms with Crippen LogP contribution in [0.3, 0.4) is 0 Å². The summed E-state index contributed by atoms with van der Waals surface area (Å²) in [5, 5.41) is 0. The number of carbonyl (C=O) groups is 1. The largest absolute Gasteiger partial charge is 0.493 e. The SMILES string of the molecule is C/C=C(/C)C(=O)OC[C@H]1[C@@H](Cc2ccc(C(C)(C)C)cc2)CO[C@@H]1c1ccc(OC)c(OC)c1. The van der Waals surface area contributed by atoms with Crippen molar-refractivity contribution in [3.8, 4) is 11.5 Å². The van der Waals surface area contributed by atoms with Gasteiger partial charge in [0.25, 0.3) is 0 Å². The predicted molar refractivity (Wildman–Crippen MR) is 134 cm³/mol. The first kappa shape index (κ1) is 25.8. The number of methoxy groups -OCH3 is 2. The van der Waals surface area contributed by atoms with Crippen molar-refractivity contribution < 1.29 is 23.7 Å². The summed E-state index contributed by atoms with van der Waals surface area (Å²) in [6.07, 6.45) is 2.43. The molecule has 0 saturated carbocycles. The molecular weight excluding hydrogens is 428 g/mol. The molecule has 1 saturated heterocycles. The van der Waals surface area contributed by atoms with E-state index < -0.39 is 0 Å². The normalized spacial score (nSPS) is 20.8. The average Bonchev–Trinajstić information content (AvgIpc) is 3.23. The lowest BCUT2D eigenvalue weighted by Gasteiger charge is -2.24. The minimum atomic E-state index is -0.284. The number of ether oxygens (including phenoxy) is 4. The molecule has 0 aliphatic carbocycles. The number of carbonyl (C=O) groups excluding carboxylic acids is 1. The minimum absolute atomic E-state index is 0.0222. The molecule has 0 N–H and O–H groups in total. The van der Waals surface area contributed by atoms with E-state index in [1.165, 1.54) is 11.1 Å². The number of hydrogen-bond donors (Lipinski definition) is 0. The molecule has 1 fully saturated rings. The van der Waals surface area contributed by atoms with E-state index in [1.54, 1.807) is 27.2 Å². The maximum Gasteiger partial charge on any atom is 0.333 e. The minimum Gasteiger partial charge on any atom is -0.493 e. The molecule has 3 rings (SSSR count). The molecule has 34 heavy (non-hydrogen) atoms. The lowest BCUT2D eigenvalue weighted by atomic mass is 9.82. The molecule has 0 amide bonds. The van der Waals surface area contributed by atoms with E-state index in [0.29, 0.717) is 30.3 Å². The standard InChI is InChI=1S/C29H38O5/c1-8-19(2)28(30)34-18-24-22(15-20-9-12-23(13-10-20)29(3,4)5)17-33-27(24)21-11-14-25(31-6)26(16-21)32-7/h8-14,16,22,24,27H,15,17-18H2,1-7H3/b19-8-/t22-,24-,27+/m0/s1. The molecule has 184 valence electrons. The van der Waals surface area contributed by atoms with Gasteiger partial charge in [0.05, 0.1) is 33.5 Å². The number of hydrogen-bond acceptors (Lipinski definition) is 5. The van der Waals surface area contributed by atoms with Crippen molar-refractivity contribution in [3.05, 3.63) is 70.8 Å². The maximum absolute atomic E-state index is 12.4. The Balaban J connectivity index is 1.84. The second-order valence-electron chi connectivity index (χ2n) is 10.0. The molecule has 0 radical (unpaired) electrons. The zero-order chi connectivity index (χ0) is 24.9. The Kier molecular flexibility index (Phi) is 8.42. The van der Waals surface area contributed by atoms with Gasteiger partial charge in [-0.1, -0.05) is 57.2 Å². The van der Waals surface area contributed by atoms with E-state index in [-0.39, 0.29) is 29.3 Å². The lowest BCUT2D eigenvalue weighted by Crippen LogP contribution is -2.24. The summed E-state index contributed by atoms with van der Waals surface area (Å²) in [4.78, 5) is 12.4. The fraction of sp³-hybridized carbons (Fsp3) is 0.483. The van der Waals surface area contributed by atoms with Crippen molar-refractivity contribution in [3.63, 3.8) is 0 Å². The predicted octanol–water partition coefficient (Wildman–Crippen LogP) is 6.06. The zero-order valence-corrected chi connectivity index (χ0v) is 21.5. The first-order valence-corrected chi connectivity index (χ1v) is 11.9. The van der Waals surface area contributed by atoms with Crippen LogP contribution in [0.25, 0.3) is 0 Å². The quantitative estimate of drug-likeness (QED) is 0.350. The highest BCUT2D eigenvalue weighted by molar-refractivity contribution is 5.87. The highest BCUT2D eigenvalue weighted by Crippen LogP contribution is 2.42. The number of benzene rings is 2. The maximum atomic E-state index is 12.4. The fourth-order valence-electron chi connectivity index (χ4n) is 4.38. The molecule has 0 aromatic heterocycles. The Morgan fingerprint density at radius 3 is 2.32 bits per heavy atom. The van der Waals surface area contributed by atoms with Gasteiger partial charge in [-0.3, -0.25) is 0 Å². The number of rotatable bonds is 8. The Hall–Kier alpha value is -2.79. The van der Waals surface area contributed by atoms with Gasteiger partial charge >= 0.3 is 5.97 Å². The van der Waals surface area contributed by atoms with Crippen LogP contribution in [-0.4, -0.2) is 33.4 Å². The summed E-state index contributed by atoms with van der Waals surface area (Å²) in [6, 6.07) is 14.7. The molecule has 2 aromatic carbocycles. The van der Waals surface area contributed by atoms with E-state index in [4.69, 9.17) is 18.9 Å². The smallest absolute Gasteiger partial charge is 0.333 e. The monoisotopic (exact) mass is 466 g/mol. The highest BCUT2D eigenvalue weighted by Gasteiger charge is 2.39. The average molecular weight is 467 g/mol. The zero-order valence-electron chi connectivity index (χ0n) is 21.5. The summed E-state index contributed by atoms with van der Waals surface area (Å²) in [6.45, 7) is 11.2. The van der Waals surface area contributed by atoms with E-state index in [1.807, 2.05) is 25.1 Å². The van der Waals surface area contributed by atoms with Crippen LogP contribution in [0, 0.1) is 11.8 Å². The van der Waals surface area contributed by atoms with Gasteiger partial charge in [-0.25, -0.2) is 4.79 Å². The van der Waals surface area contributed by atoms with E-state index >= 15 is 0 Å². The summed E-state index contributed by atoms with van der Waals surface area (Å²) in [7, 11) is 3.25. The van der Waals surface area contributed by atoms with E-state index in [2.05, 4.69) is 45.0 Å². The van der Waals surface area contributed by atoms with Crippen molar-refractivity contribution in [2.75, 3.05) is 27.4 Å². The third-order valence-electron chi connectivity index (χ3n) is 6.70. The van der Waals surface area contributed by atoms with E-state index in [0.717, 1.165) is 12.0 Å². The highest BCUT2D eigenvalue weighted by atomic mass is 16.5. The molecule has 1 aliphatic rings. The Bertz CT molecular complexity index is 1000. The van der Waals surface area contributed by atoms with Gasteiger partial charge in [-0.15, -0.1) is 0 Å². The van der Waals surface area contributed by atoms with Crippen LogP contribution >= 0.6 is 0 Å². The summed E-state index contributed by atoms with van der Waals surface area (Å²) in [5.41, 5.74) is 4.29. The molecule has 1 aliphatic heterocycles. The third-order valence-corrected chi connectivity index (χ3v) is 6.70. The molecule has 5 heteroatoms. The summed E-state index contributed by atoms with van der Waals surface area (Å²) >= 11 is 0. The van der Waals surface area contributed by atoms with Crippen LogP contribution < -0.4 is 9.47 Å². The summed E-state index contributed by atoms with van der Waals surface area (Å²) in [5.74, 6) is 1.29. The summed E-state index contributed by atoms with van der Waals surface area (Å²) < 4.78 is 22.9. The van der Waals surface area contributed by atoms with Crippen LogP contribution in [-0.2, 0) is 26.1 Å². The molecule has 0 unspecified atom stereocenters. The van der Waals surface area contributed by atoms with Crippen LogP contribution in [0.5, 0.6) is 11.5 Å². The van der Waals surface area contributed by atoms with Crippen molar-refractivity contribution in [1.29, 1.82) is 0 Å². The van der Waals surface area contributed by atoms with Gasteiger partial charge in [0.15, 0.2) is 11.5 Å².